The standard InChI is InChI=1S/C15H19N3O/c1-2-18-8-4-7-14(18)15(19)17-11-13-6-3-5-12(9-13)10-16/h3,5-6,9,14H,2,4,7-8,11H2,1H3,(H,17,19)/t14-/m0/s1. The van der Waals surface area contributed by atoms with Gasteiger partial charge in [0.25, 0.3) is 0 Å². The van der Waals surface area contributed by atoms with E-state index >= 15 is 0 Å². The van der Waals surface area contributed by atoms with Crippen LogP contribution in [0.3, 0.4) is 0 Å². The number of nitrogens with zero attached hydrogens (tertiary/aromatic N) is 2. The largest absolute Gasteiger partial charge is 0.351 e. The number of carbonyl (C=O) groups is 1. The number of likely N-dealkylation sites (N-methyl/N-ethyl adjacent to an activating group) is 1. The molecule has 1 amide bonds. The Hall–Kier alpha value is -1.86. The quantitative estimate of drug-likeness (QED) is 0.892. The Morgan fingerprint density at radius 2 is 2.42 bits per heavy atom. The fraction of sp³-hybridized carbons (Fsp3) is 0.467. The van der Waals surface area contributed by atoms with E-state index in [1.807, 2.05) is 18.2 Å². The Morgan fingerprint density at radius 1 is 1.58 bits per heavy atom. The van der Waals surface area contributed by atoms with Crippen molar-refractivity contribution in [2.45, 2.75) is 32.4 Å². The van der Waals surface area contributed by atoms with Gasteiger partial charge in [0.1, 0.15) is 0 Å². The van der Waals surface area contributed by atoms with Gasteiger partial charge in [0.2, 0.25) is 5.91 Å². The lowest BCUT2D eigenvalue weighted by atomic mass is 10.1. The first-order valence-electron chi connectivity index (χ1n) is 6.75. The topological polar surface area (TPSA) is 56.1 Å². The average molecular weight is 257 g/mol. The highest BCUT2D eigenvalue weighted by Crippen LogP contribution is 2.16. The Kier molecular flexibility index (Phi) is 4.53. The van der Waals surface area contributed by atoms with Crippen LogP contribution in [0.5, 0.6) is 0 Å². The van der Waals surface area contributed by atoms with E-state index in [1.54, 1.807) is 6.07 Å². The van der Waals surface area contributed by atoms with Crippen LogP contribution in [0.2, 0.25) is 0 Å². The minimum Gasteiger partial charge on any atom is -0.351 e. The summed E-state index contributed by atoms with van der Waals surface area (Å²) in [5.41, 5.74) is 1.59. The first-order valence-corrected chi connectivity index (χ1v) is 6.75. The van der Waals surface area contributed by atoms with Crippen LogP contribution in [-0.2, 0) is 11.3 Å². The Labute approximate surface area is 114 Å². The van der Waals surface area contributed by atoms with E-state index < -0.39 is 0 Å². The minimum absolute atomic E-state index is 0.0177. The zero-order valence-corrected chi connectivity index (χ0v) is 11.2. The number of amides is 1. The van der Waals surface area contributed by atoms with Crippen LogP contribution in [0.15, 0.2) is 24.3 Å². The van der Waals surface area contributed by atoms with Gasteiger partial charge in [-0.2, -0.15) is 5.26 Å². The molecule has 4 nitrogen and oxygen atoms in total. The van der Waals surface area contributed by atoms with Crippen LogP contribution in [0, 0.1) is 11.3 Å². The molecule has 19 heavy (non-hydrogen) atoms. The molecule has 0 aliphatic carbocycles. The molecule has 1 atom stereocenters. The van der Waals surface area contributed by atoms with E-state index in [0.29, 0.717) is 12.1 Å². The van der Waals surface area contributed by atoms with Crippen molar-refractivity contribution in [2.75, 3.05) is 13.1 Å². The molecule has 0 radical (unpaired) electrons. The summed E-state index contributed by atoms with van der Waals surface area (Å²) in [6.45, 7) is 4.50. The summed E-state index contributed by atoms with van der Waals surface area (Å²) in [7, 11) is 0. The highest BCUT2D eigenvalue weighted by Gasteiger charge is 2.28. The van der Waals surface area contributed by atoms with Gasteiger partial charge in [-0.15, -0.1) is 0 Å². The maximum absolute atomic E-state index is 12.1. The van der Waals surface area contributed by atoms with Crippen molar-refractivity contribution in [1.29, 1.82) is 5.26 Å². The third-order valence-corrected chi connectivity index (χ3v) is 3.60. The Balaban J connectivity index is 1.91. The summed E-state index contributed by atoms with van der Waals surface area (Å²) in [5, 5.41) is 11.8. The van der Waals surface area contributed by atoms with E-state index in [1.165, 1.54) is 0 Å². The first kappa shape index (κ1) is 13.6. The molecular formula is C15H19N3O. The second kappa shape index (κ2) is 6.35. The SMILES string of the molecule is CCN1CCC[C@H]1C(=O)NCc1cccc(C#N)c1. The zero-order valence-electron chi connectivity index (χ0n) is 11.2. The number of benzene rings is 1. The molecule has 0 bridgehead atoms. The predicted octanol–water partition coefficient (Wildman–Crippen LogP) is 1.66. The maximum atomic E-state index is 12.1. The number of hydrogen-bond acceptors (Lipinski definition) is 3. The third kappa shape index (κ3) is 3.33. The summed E-state index contributed by atoms with van der Waals surface area (Å²) >= 11 is 0. The van der Waals surface area contributed by atoms with Crippen LogP contribution in [0.4, 0.5) is 0 Å². The van der Waals surface area contributed by atoms with Gasteiger partial charge in [-0.05, 0) is 43.6 Å². The molecule has 4 heteroatoms. The second-order valence-corrected chi connectivity index (χ2v) is 4.82. The van der Waals surface area contributed by atoms with Gasteiger partial charge in [0.15, 0.2) is 0 Å². The number of likely N-dealkylation sites (tertiary alicyclic amines) is 1. The third-order valence-electron chi connectivity index (χ3n) is 3.60. The molecular weight excluding hydrogens is 238 g/mol. The molecule has 1 N–H and O–H groups in total. The van der Waals surface area contributed by atoms with Gasteiger partial charge in [-0.3, -0.25) is 9.69 Å². The summed E-state index contributed by atoms with van der Waals surface area (Å²) in [4.78, 5) is 14.3. The fourth-order valence-electron chi connectivity index (χ4n) is 2.56. The molecule has 0 saturated carbocycles. The highest BCUT2D eigenvalue weighted by atomic mass is 16.2. The lowest BCUT2D eigenvalue weighted by molar-refractivity contribution is -0.125. The van der Waals surface area contributed by atoms with Crippen molar-refractivity contribution < 1.29 is 4.79 Å². The Morgan fingerprint density at radius 3 is 3.16 bits per heavy atom. The smallest absolute Gasteiger partial charge is 0.237 e. The van der Waals surface area contributed by atoms with Crippen LogP contribution in [0.1, 0.15) is 30.9 Å². The van der Waals surface area contributed by atoms with Crippen molar-refractivity contribution in [1.82, 2.24) is 10.2 Å². The summed E-state index contributed by atoms with van der Waals surface area (Å²) in [5.74, 6) is 0.0988. The molecule has 1 aliphatic heterocycles. The molecule has 0 unspecified atom stereocenters. The van der Waals surface area contributed by atoms with E-state index in [-0.39, 0.29) is 11.9 Å². The number of hydrogen-bond donors (Lipinski definition) is 1. The summed E-state index contributed by atoms with van der Waals surface area (Å²) in [6.07, 6.45) is 2.04. The fourth-order valence-corrected chi connectivity index (χ4v) is 2.56. The van der Waals surface area contributed by atoms with Gasteiger partial charge in [0, 0.05) is 6.54 Å². The van der Waals surface area contributed by atoms with E-state index in [4.69, 9.17) is 5.26 Å². The van der Waals surface area contributed by atoms with Gasteiger partial charge >= 0.3 is 0 Å². The summed E-state index contributed by atoms with van der Waals surface area (Å²) < 4.78 is 0. The van der Waals surface area contributed by atoms with Crippen LogP contribution in [-0.4, -0.2) is 29.9 Å². The van der Waals surface area contributed by atoms with Gasteiger partial charge in [-0.1, -0.05) is 19.1 Å². The molecule has 1 aliphatic rings. The lowest BCUT2D eigenvalue weighted by Crippen LogP contribution is -2.42. The lowest BCUT2D eigenvalue weighted by Gasteiger charge is -2.21. The molecule has 1 aromatic carbocycles. The molecule has 1 saturated heterocycles. The maximum Gasteiger partial charge on any atom is 0.237 e. The van der Waals surface area contributed by atoms with Crippen molar-refractivity contribution in [3.8, 4) is 6.07 Å². The number of carbonyl (C=O) groups excluding carboxylic acids is 1. The highest BCUT2D eigenvalue weighted by molar-refractivity contribution is 5.82. The van der Waals surface area contributed by atoms with E-state index in [2.05, 4.69) is 23.2 Å². The summed E-state index contributed by atoms with van der Waals surface area (Å²) in [6, 6.07) is 9.47. The normalized spacial score (nSPS) is 19.1. The molecule has 0 spiro atoms. The number of rotatable bonds is 4. The van der Waals surface area contributed by atoms with Gasteiger partial charge in [-0.25, -0.2) is 0 Å². The van der Waals surface area contributed by atoms with Crippen molar-refractivity contribution >= 4 is 5.91 Å². The molecule has 2 rings (SSSR count). The average Bonchev–Trinajstić information content (AvgIpc) is 2.93. The van der Waals surface area contributed by atoms with Crippen molar-refractivity contribution in [2.24, 2.45) is 0 Å². The zero-order chi connectivity index (χ0) is 13.7. The van der Waals surface area contributed by atoms with E-state index in [9.17, 15) is 4.79 Å². The first-order chi connectivity index (χ1) is 9.24. The van der Waals surface area contributed by atoms with Crippen LogP contribution >= 0.6 is 0 Å². The number of nitrogens with one attached hydrogen (secondary N) is 1. The van der Waals surface area contributed by atoms with Crippen LogP contribution < -0.4 is 5.32 Å². The predicted molar refractivity (Wildman–Crippen MR) is 73.3 cm³/mol. The van der Waals surface area contributed by atoms with E-state index in [0.717, 1.165) is 31.5 Å². The molecule has 100 valence electrons. The molecule has 1 aromatic rings. The van der Waals surface area contributed by atoms with Crippen LogP contribution in [0.25, 0.3) is 0 Å². The number of nitriles is 1. The van der Waals surface area contributed by atoms with Gasteiger partial charge in [0.05, 0.1) is 17.7 Å². The van der Waals surface area contributed by atoms with Gasteiger partial charge < -0.3 is 5.32 Å². The molecule has 1 heterocycles. The van der Waals surface area contributed by atoms with Crippen molar-refractivity contribution in [3.63, 3.8) is 0 Å². The minimum atomic E-state index is 0.0177. The monoisotopic (exact) mass is 257 g/mol. The molecule has 0 aromatic heterocycles. The molecule has 1 fully saturated rings. The second-order valence-electron chi connectivity index (χ2n) is 4.82. The Bertz CT molecular complexity index is 492. The van der Waals surface area contributed by atoms with Crippen molar-refractivity contribution in [3.05, 3.63) is 35.4 Å².